The van der Waals surface area contributed by atoms with Gasteiger partial charge in [-0.25, -0.2) is 22.0 Å². The maximum atomic E-state index is 15.1. The first kappa shape index (κ1) is 32.7. The van der Waals surface area contributed by atoms with Gasteiger partial charge in [-0.1, -0.05) is 6.07 Å². The van der Waals surface area contributed by atoms with Crippen molar-refractivity contribution in [3.63, 3.8) is 0 Å². The first-order chi connectivity index (χ1) is 21.9. The molecule has 11 nitrogen and oxygen atoms in total. The minimum absolute atomic E-state index is 0.00638. The van der Waals surface area contributed by atoms with Crippen LogP contribution in [0.1, 0.15) is 66.2 Å². The number of nitrogens with one attached hydrogen (secondary N) is 2. The van der Waals surface area contributed by atoms with Crippen LogP contribution in [-0.4, -0.2) is 56.7 Å². The van der Waals surface area contributed by atoms with Crippen molar-refractivity contribution in [1.29, 1.82) is 0 Å². The fourth-order valence-corrected chi connectivity index (χ4v) is 7.49. The summed E-state index contributed by atoms with van der Waals surface area (Å²) in [6.07, 6.45) is 1.19. The number of hydrogen-bond donors (Lipinski definition) is 3. The second-order valence-electron chi connectivity index (χ2n) is 11.1. The molecule has 2 aliphatic rings. The number of primary amides is 1. The highest BCUT2D eigenvalue weighted by Crippen LogP contribution is 2.43. The number of methoxy groups -OCH3 is 1. The van der Waals surface area contributed by atoms with Gasteiger partial charge in [-0.2, -0.15) is 0 Å². The van der Waals surface area contributed by atoms with Crippen molar-refractivity contribution in [2.24, 2.45) is 5.73 Å². The van der Waals surface area contributed by atoms with Gasteiger partial charge in [-0.05, 0) is 92.3 Å². The number of sulfone groups is 1. The minimum atomic E-state index is -3.74. The smallest absolute Gasteiger partial charge is 0.411 e. The molecule has 0 aromatic heterocycles. The number of rotatable bonds is 11. The molecule has 1 aliphatic heterocycles. The van der Waals surface area contributed by atoms with E-state index in [0.717, 1.165) is 12.1 Å². The zero-order valence-corrected chi connectivity index (χ0v) is 26.0. The van der Waals surface area contributed by atoms with Gasteiger partial charge in [0.25, 0.3) is 0 Å². The topological polar surface area (TPSA) is 157 Å². The summed E-state index contributed by atoms with van der Waals surface area (Å²) in [5, 5.41) is 4.88. The van der Waals surface area contributed by atoms with Crippen LogP contribution < -0.4 is 21.1 Å². The molecule has 1 aliphatic carbocycles. The molecule has 2 atom stereocenters. The lowest BCUT2D eigenvalue weighted by molar-refractivity contribution is -0.133. The van der Waals surface area contributed by atoms with E-state index in [2.05, 4.69) is 10.6 Å². The molecule has 0 unspecified atom stereocenters. The number of benzene rings is 3. The number of carbonyl (C=O) groups is 3. The number of ether oxygens (including phenoxy) is 2. The first-order valence-corrected chi connectivity index (χ1v) is 16.3. The van der Waals surface area contributed by atoms with Crippen molar-refractivity contribution in [3.05, 3.63) is 82.9 Å². The maximum Gasteiger partial charge on any atom is 0.411 e. The van der Waals surface area contributed by atoms with Gasteiger partial charge in [0.2, 0.25) is 11.8 Å². The quantitative estimate of drug-likeness (QED) is 0.258. The largest absolute Gasteiger partial charge is 0.491 e. The molecule has 14 heteroatoms. The standard InChI is InChI=1S/C32H34F2N4O7S/c1-3-45-27-16-18(6-12-24(27)34)29(37-25-15-19(30(35)39)7-11-23(25)33)31(40)38-14-4-5-26(38)22-17-20(36-32(41)44-2)8-13-28(22)46(42,43)21-9-10-21/h6-8,11-13,15-17,21,26,29,37H,3-5,9-10,14H2,1-2H3,(H2,35,39)(H,36,41)/t26-,29+/m1/s1. The summed E-state index contributed by atoms with van der Waals surface area (Å²) in [5.74, 6) is -2.93. The van der Waals surface area contributed by atoms with Gasteiger partial charge in [0.15, 0.2) is 21.4 Å². The summed E-state index contributed by atoms with van der Waals surface area (Å²) in [7, 11) is -2.54. The summed E-state index contributed by atoms with van der Waals surface area (Å²) in [6, 6.07) is 9.58. The van der Waals surface area contributed by atoms with E-state index in [1.165, 1.54) is 54.5 Å². The minimum Gasteiger partial charge on any atom is -0.491 e. The fraction of sp³-hybridized carbons (Fsp3) is 0.344. The molecule has 1 saturated carbocycles. The molecular weight excluding hydrogens is 622 g/mol. The molecule has 2 fully saturated rings. The molecule has 0 bridgehead atoms. The molecule has 3 amide bonds. The van der Waals surface area contributed by atoms with Crippen LogP contribution in [0.5, 0.6) is 5.75 Å². The number of hydrogen-bond acceptors (Lipinski definition) is 8. The Morgan fingerprint density at radius 1 is 1.02 bits per heavy atom. The lowest BCUT2D eigenvalue weighted by atomic mass is 10.0. The highest BCUT2D eigenvalue weighted by Gasteiger charge is 2.42. The maximum absolute atomic E-state index is 15.1. The van der Waals surface area contributed by atoms with Crippen molar-refractivity contribution in [3.8, 4) is 5.75 Å². The number of carbonyl (C=O) groups excluding carboxylic acids is 3. The predicted molar refractivity (Wildman–Crippen MR) is 165 cm³/mol. The Hall–Kier alpha value is -4.72. The van der Waals surface area contributed by atoms with Gasteiger partial charge in [0.1, 0.15) is 11.9 Å². The SMILES string of the molecule is CCOc1cc([C@H](Nc2cc(C(N)=O)ccc2F)C(=O)N2CCC[C@@H]2c2cc(NC(=O)OC)ccc2S(=O)(=O)C2CC2)ccc1F. The van der Waals surface area contributed by atoms with Crippen LogP contribution in [0.15, 0.2) is 59.5 Å². The van der Waals surface area contributed by atoms with E-state index in [-0.39, 0.29) is 46.3 Å². The van der Waals surface area contributed by atoms with E-state index in [1.54, 1.807) is 6.92 Å². The van der Waals surface area contributed by atoms with Crippen LogP contribution in [-0.2, 0) is 19.4 Å². The van der Waals surface area contributed by atoms with Gasteiger partial charge in [0, 0.05) is 17.8 Å². The van der Waals surface area contributed by atoms with Crippen LogP contribution in [0.4, 0.5) is 25.0 Å². The summed E-state index contributed by atoms with van der Waals surface area (Å²) in [4.78, 5) is 39.9. The summed E-state index contributed by atoms with van der Waals surface area (Å²) >= 11 is 0. The summed E-state index contributed by atoms with van der Waals surface area (Å²) < 4.78 is 66.8. The predicted octanol–water partition coefficient (Wildman–Crippen LogP) is 5.09. The van der Waals surface area contributed by atoms with Gasteiger partial charge in [-0.15, -0.1) is 0 Å². The molecule has 1 heterocycles. The van der Waals surface area contributed by atoms with E-state index in [0.29, 0.717) is 31.2 Å². The Labute approximate surface area is 265 Å². The molecule has 0 radical (unpaired) electrons. The second kappa shape index (κ2) is 13.3. The molecular formula is C32H34F2N4O7S. The number of halogens is 2. The number of nitrogens with zero attached hydrogens (tertiary/aromatic N) is 1. The van der Waals surface area contributed by atoms with E-state index >= 15 is 4.39 Å². The third-order valence-electron chi connectivity index (χ3n) is 7.99. The van der Waals surface area contributed by atoms with Crippen molar-refractivity contribution in [2.75, 3.05) is 30.9 Å². The van der Waals surface area contributed by atoms with Crippen LogP contribution in [0, 0.1) is 11.6 Å². The molecule has 0 spiro atoms. The molecule has 1 saturated heterocycles. The highest BCUT2D eigenvalue weighted by molar-refractivity contribution is 7.92. The Kier molecular flexibility index (Phi) is 9.47. The Balaban J connectivity index is 1.59. The van der Waals surface area contributed by atoms with Crippen molar-refractivity contribution in [1.82, 2.24) is 4.90 Å². The third-order valence-corrected chi connectivity index (χ3v) is 10.3. The lowest BCUT2D eigenvalue weighted by Gasteiger charge is -2.31. The lowest BCUT2D eigenvalue weighted by Crippen LogP contribution is -2.38. The first-order valence-electron chi connectivity index (χ1n) is 14.8. The van der Waals surface area contributed by atoms with E-state index < -0.39 is 56.7 Å². The average molecular weight is 657 g/mol. The van der Waals surface area contributed by atoms with Crippen molar-refractivity contribution in [2.45, 2.75) is 54.8 Å². The Morgan fingerprint density at radius 3 is 2.43 bits per heavy atom. The Bertz CT molecular complexity index is 1780. The van der Waals surface area contributed by atoms with E-state index in [4.69, 9.17) is 15.2 Å². The van der Waals surface area contributed by atoms with Gasteiger partial charge >= 0.3 is 6.09 Å². The zero-order chi connectivity index (χ0) is 33.2. The number of anilines is 2. The molecule has 244 valence electrons. The van der Waals surface area contributed by atoms with Crippen LogP contribution in [0.25, 0.3) is 0 Å². The molecule has 5 rings (SSSR count). The highest BCUT2D eigenvalue weighted by atomic mass is 32.2. The van der Waals surface area contributed by atoms with Gasteiger partial charge in [0.05, 0.1) is 35.6 Å². The van der Waals surface area contributed by atoms with E-state index in [9.17, 15) is 27.2 Å². The summed E-state index contributed by atoms with van der Waals surface area (Å²) in [6.45, 7) is 2.04. The summed E-state index contributed by atoms with van der Waals surface area (Å²) in [5.41, 5.74) is 6.03. The number of likely N-dealkylation sites (tertiary alicyclic amines) is 1. The third kappa shape index (κ3) is 6.76. The number of amides is 3. The Morgan fingerprint density at radius 2 is 1.76 bits per heavy atom. The van der Waals surface area contributed by atoms with Crippen molar-refractivity contribution < 1.29 is 41.1 Å². The average Bonchev–Trinajstić information content (AvgIpc) is 3.79. The van der Waals surface area contributed by atoms with Crippen LogP contribution in [0.3, 0.4) is 0 Å². The second-order valence-corrected chi connectivity index (χ2v) is 13.3. The normalized spacial score (nSPS) is 16.9. The van der Waals surface area contributed by atoms with Crippen LogP contribution >= 0.6 is 0 Å². The molecule has 46 heavy (non-hydrogen) atoms. The van der Waals surface area contributed by atoms with Crippen LogP contribution in [0.2, 0.25) is 0 Å². The zero-order valence-electron chi connectivity index (χ0n) is 25.2. The molecule has 4 N–H and O–H groups in total. The van der Waals surface area contributed by atoms with Crippen molar-refractivity contribution >= 4 is 39.1 Å². The molecule has 3 aromatic rings. The van der Waals surface area contributed by atoms with Gasteiger partial charge in [-0.3, -0.25) is 14.9 Å². The van der Waals surface area contributed by atoms with E-state index in [1.807, 2.05) is 0 Å². The molecule has 3 aromatic carbocycles. The fourth-order valence-electron chi connectivity index (χ4n) is 5.59. The van der Waals surface area contributed by atoms with Gasteiger partial charge < -0.3 is 25.4 Å². The number of nitrogens with two attached hydrogens (primary N) is 1. The monoisotopic (exact) mass is 656 g/mol.